The van der Waals surface area contributed by atoms with Gasteiger partial charge in [0.05, 0.1) is 12.6 Å². The molecule has 0 radical (unpaired) electrons. The highest BCUT2D eigenvalue weighted by atomic mass is 16.6. The monoisotopic (exact) mass is 297 g/mol. The van der Waals surface area contributed by atoms with Gasteiger partial charge in [0.25, 0.3) is 5.91 Å². The molecular formula is C18H19NO3. The maximum Gasteiger partial charge on any atom is 0.255 e. The van der Waals surface area contributed by atoms with E-state index in [1.54, 1.807) is 11.9 Å². The van der Waals surface area contributed by atoms with Crippen molar-refractivity contribution in [1.29, 1.82) is 0 Å². The Balaban J connectivity index is 1.70. The Morgan fingerprint density at radius 3 is 2.32 bits per heavy atom. The van der Waals surface area contributed by atoms with Gasteiger partial charge in [-0.2, -0.15) is 0 Å². The molecule has 1 heterocycles. The quantitative estimate of drug-likeness (QED) is 0.862. The van der Waals surface area contributed by atoms with Crippen molar-refractivity contribution in [3.05, 3.63) is 71.8 Å². The first kappa shape index (κ1) is 14.8. The minimum absolute atomic E-state index is 0.100. The summed E-state index contributed by atoms with van der Waals surface area (Å²) in [4.78, 5) is 14.1. The lowest BCUT2D eigenvalue weighted by atomic mass is 10.0. The normalized spacial score (nSPS) is 21.2. The van der Waals surface area contributed by atoms with E-state index < -0.39 is 6.10 Å². The molecule has 0 spiro atoms. The molecule has 1 N–H and O–H groups in total. The molecule has 4 nitrogen and oxygen atoms in total. The lowest BCUT2D eigenvalue weighted by Gasteiger charge is -2.26. The predicted molar refractivity (Wildman–Crippen MR) is 83.1 cm³/mol. The Labute approximate surface area is 130 Å². The number of hydrogen-bond donors (Lipinski definition) is 1. The van der Waals surface area contributed by atoms with Crippen LogP contribution in [0, 0.1) is 0 Å². The summed E-state index contributed by atoms with van der Waals surface area (Å²) < 4.78 is 5.54. The first-order chi connectivity index (χ1) is 10.7. The molecule has 0 bridgehead atoms. The smallest absolute Gasteiger partial charge is 0.255 e. The van der Waals surface area contributed by atoms with Crippen LogP contribution >= 0.6 is 0 Å². The standard InChI is InChI=1S/C18H19NO3/c1-19(15(12-20)13-8-4-2-5-9-13)18(21)17-16(22-17)14-10-6-3-7-11-14/h2-11,15-17,20H,12H2,1H3/t15-,16+,17-/m1/s1. The molecule has 2 aromatic carbocycles. The van der Waals surface area contributed by atoms with E-state index in [2.05, 4.69) is 0 Å². The highest BCUT2D eigenvalue weighted by Crippen LogP contribution is 2.40. The van der Waals surface area contributed by atoms with E-state index in [1.165, 1.54) is 0 Å². The van der Waals surface area contributed by atoms with Gasteiger partial charge in [0, 0.05) is 7.05 Å². The molecule has 4 heteroatoms. The SMILES string of the molecule is CN(C(=O)[C@@H]1O[C@H]1c1ccccc1)[C@H](CO)c1ccccc1. The molecule has 0 aromatic heterocycles. The molecule has 114 valence electrons. The molecule has 3 rings (SSSR count). The van der Waals surface area contributed by atoms with Gasteiger partial charge >= 0.3 is 0 Å². The summed E-state index contributed by atoms with van der Waals surface area (Å²) >= 11 is 0. The summed E-state index contributed by atoms with van der Waals surface area (Å²) in [5, 5.41) is 9.65. The number of aliphatic hydroxyl groups excluding tert-OH is 1. The van der Waals surface area contributed by atoms with Gasteiger partial charge in [0.15, 0.2) is 6.10 Å². The van der Waals surface area contributed by atoms with Gasteiger partial charge in [-0.3, -0.25) is 4.79 Å². The number of aliphatic hydroxyl groups is 1. The third kappa shape index (κ3) is 2.89. The fraction of sp³-hybridized carbons (Fsp3) is 0.278. The van der Waals surface area contributed by atoms with Crippen LogP contribution < -0.4 is 0 Å². The number of nitrogens with zero attached hydrogens (tertiary/aromatic N) is 1. The number of amides is 1. The number of carbonyl (C=O) groups is 1. The van der Waals surface area contributed by atoms with Crippen LogP contribution in [0.1, 0.15) is 23.3 Å². The summed E-state index contributed by atoms with van der Waals surface area (Å²) in [6.45, 7) is -0.116. The van der Waals surface area contributed by atoms with Crippen molar-refractivity contribution < 1.29 is 14.6 Å². The highest BCUT2D eigenvalue weighted by Gasteiger charge is 2.48. The maximum absolute atomic E-state index is 12.6. The van der Waals surface area contributed by atoms with E-state index in [1.807, 2.05) is 60.7 Å². The van der Waals surface area contributed by atoms with Crippen molar-refractivity contribution in [2.45, 2.75) is 18.2 Å². The molecule has 1 fully saturated rings. The van der Waals surface area contributed by atoms with E-state index in [0.717, 1.165) is 11.1 Å². The number of carbonyl (C=O) groups excluding carboxylic acids is 1. The Kier molecular flexibility index (Phi) is 4.22. The molecule has 0 unspecified atom stereocenters. The Hall–Kier alpha value is -2.17. The molecule has 2 aromatic rings. The van der Waals surface area contributed by atoms with Crippen molar-refractivity contribution in [1.82, 2.24) is 4.90 Å². The second-order valence-corrected chi connectivity index (χ2v) is 5.45. The largest absolute Gasteiger partial charge is 0.394 e. The average molecular weight is 297 g/mol. The van der Waals surface area contributed by atoms with Crippen molar-refractivity contribution in [3.63, 3.8) is 0 Å². The van der Waals surface area contributed by atoms with Crippen LogP contribution in [-0.2, 0) is 9.53 Å². The molecule has 3 atom stereocenters. The number of rotatable bonds is 5. The highest BCUT2D eigenvalue weighted by molar-refractivity contribution is 5.84. The molecule has 1 amide bonds. The van der Waals surface area contributed by atoms with Gasteiger partial charge in [0.1, 0.15) is 6.10 Å². The second kappa shape index (κ2) is 6.30. The summed E-state index contributed by atoms with van der Waals surface area (Å²) in [6, 6.07) is 18.9. The van der Waals surface area contributed by atoms with Crippen LogP contribution in [0.15, 0.2) is 60.7 Å². The summed E-state index contributed by atoms with van der Waals surface area (Å²) in [5.74, 6) is -0.100. The lowest BCUT2D eigenvalue weighted by molar-refractivity contribution is -0.134. The minimum Gasteiger partial charge on any atom is -0.394 e. The van der Waals surface area contributed by atoms with Gasteiger partial charge < -0.3 is 14.7 Å². The van der Waals surface area contributed by atoms with Gasteiger partial charge in [-0.25, -0.2) is 0 Å². The molecular weight excluding hydrogens is 278 g/mol. The number of benzene rings is 2. The van der Waals surface area contributed by atoms with E-state index in [4.69, 9.17) is 4.74 Å². The van der Waals surface area contributed by atoms with Crippen LogP contribution in [0.4, 0.5) is 0 Å². The number of epoxide rings is 1. The van der Waals surface area contributed by atoms with Crippen LogP contribution in [0.25, 0.3) is 0 Å². The number of ether oxygens (including phenoxy) is 1. The topological polar surface area (TPSA) is 53.1 Å². The van der Waals surface area contributed by atoms with E-state index in [-0.39, 0.29) is 24.7 Å². The van der Waals surface area contributed by atoms with Crippen molar-refractivity contribution in [3.8, 4) is 0 Å². The molecule has 22 heavy (non-hydrogen) atoms. The third-order valence-electron chi connectivity index (χ3n) is 4.04. The van der Waals surface area contributed by atoms with Crippen molar-refractivity contribution in [2.24, 2.45) is 0 Å². The molecule has 0 aliphatic carbocycles. The van der Waals surface area contributed by atoms with Gasteiger partial charge in [-0.15, -0.1) is 0 Å². The molecule has 1 saturated heterocycles. The number of likely N-dealkylation sites (N-methyl/N-ethyl adjacent to an activating group) is 1. The second-order valence-electron chi connectivity index (χ2n) is 5.45. The van der Waals surface area contributed by atoms with E-state index >= 15 is 0 Å². The van der Waals surface area contributed by atoms with Gasteiger partial charge in [0.2, 0.25) is 0 Å². The Bertz CT molecular complexity index is 629. The zero-order chi connectivity index (χ0) is 15.5. The van der Waals surface area contributed by atoms with Crippen LogP contribution in [0.5, 0.6) is 0 Å². The van der Waals surface area contributed by atoms with Crippen molar-refractivity contribution in [2.75, 3.05) is 13.7 Å². The zero-order valence-corrected chi connectivity index (χ0v) is 12.4. The van der Waals surface area contributed by atoms with Gasteiger partial charge in [-0.1, -0.05) is 60.7 Å². The zero-order valence-electron chi connectivity index (χ0n) is 12.4. The first-order valence-corrected chi connectivity index (χ1v) is 7.35. The third-order valence-corrected chi connectivity index (χ3v) is 4.04. The lowest BCUT2D eigenvalue weighted by Crippen LogP contribution is -2.36. The minimum atomic E-state index is -0.454. The van der Waals surface area contributed by atoms with E-state index in [0.29, 0.717) is 0 Å². The number of hydrogen-bond acceptors (Lipinski definition) is 3. The fourth-order valence-electron chi connectivity index (χ4n) is 2.68. The predicted octanol–water partition coefficient (Wildman–Crippen LogP) is 2.32. The molecule has 1 aliphatic heterocycles. The summed E-state index contributed by atoms with van der Waals surface area (Å²) in [7, 11) is 1.71. The summed E-state index contributed by atoms with van der Waals surface area (Å²) in [6.07, 6.45) is -0.628. The average Bonchev–Trinajstić information content (AvgIpc) is 3.37. The van der Waals surface area contributed by atoms with Crippen LogP contribution in [0.2, 0.25) is 0 Å². The van der Waals surface area contributed by atoms with Crippen LogP contribution in [0.3, 0.4) is 0 Å². The first-order valence-electron chi connectivity index (χ1n) is 7.35. The van der Waals surface area contributed by atoms with Gasteiger partial charge in [-0.05, 0) is 11.1 Å². The maximum atomic E-state index is 12.6. The Morgan fingerprint density at radius 2 is 1.73 bits per heavy atom. The molecule has 1 aliphatic rings. The summed E-state index contributed by atoms with van der Waals surface area (Å²) in [5.41, 5.74) is 1.92. The van der Waals surface area contributed by atoms with E-state index in [9.17, 15) is 9.90 Å². The fourth-order valence-corrected chi connectivity index (χ4v) is 2.68. The van der Waals surface area contributed by atoms with Crippen LogP contribution in [-0.4, -0.2) is 35.7 Å². The molecule has 0 saturated carbocycles. The van der Waals surface area contributed by atoms with Crippen molar-refractivity contribution >= 4 is 5.91 Å². The Morgan fingerprint density at radius 1 is 1.14 bits per heavy atom.